The van der Waals surface area contributed by atoms with Gasteiger partial charge in [-0.2, -0.15) is 0 Å². The van der Waals surface area contributed by atoms with Crippen molar-refractivity contribution in [2.24, 2.45) is 0 Å². The Morgan fingerprint density at radius 3 is 2.70 bits per heavy atom. The van der Waals surface area contributed by atoms with E-state index in [2.05, 4.69) is 25.6 Å². The first-order valence-corrected chi connectivity index (χ1v) is 8.99. The third-order valence-corrected chi connectivity index (χ3v) is 4.65. The van der Waals surface area contributed by atoms with Crippen molar-refractivity contribution in [1.29, 1.82) is 0 Å². The molecule has 12 heteroatoms. The van der Waals surface area contributed by atoms with E-state index in [1.807, 2.05) is 0 Å². The molecular weight excluding hydrogens is 410 g/mol. The number of phenolic OH excluding ortho intramolecular Hbond substituents is 1. The molecule has 3 aromatic rings. The maximum absolute atomic E-state index is 14.5. The Kier molecular flexibility index (Phi) is 5.12. The summed E-state index contributed by atoms with van der Waals surface area (Å²) in [6.07, 6.45) is -3.57. The molecule has 2 atom stereocenters. The van der Waals surface area contributed by atoms with Gasteiger partial charge in [0.25, 0.3) is 0 Å². The molecule has 0 spiro atoms. The summed E-state index contributed by atoms with van der Waals surface area (Å²) < 4.78 is 56.8. The van der Waals surface area contributed by atoms with Crippen LogP contribution in [0.4, 0.5) is 23.5 Å². The van der Waals surface area contributed by atoms with Gasteiger partial charge < -0.3 is 25.6 Å². The van der Waals surface area contributed by atoms with E-state index < -0.39 is 29.8 Å². The van der Waals surface area contributed by atoms with Crippen LogP contribution in [0, 0.1) is 5.82 Å². The van der Waals surface area contributed by atoms with Gasteiger partial charge in [-0.3, -0.25) is 4.40 Å². The number of hydrogen-bond acceptors (Lipinski definition) is 7. The second kappa shape index (κ2) is 7.61. The summed E-state index contributed by atoms with van der Waals surface area (Å²) in [7, 11) is 0. The lowest BCUT2D eigenvalue weighted by Gasteiger charge is -2.28. The molecular formula is C18H17F4N5O3. The predicted molar refractivity (Wildman–Crippen MR) is 97.6 cm³/mol. The number of nitrogens with one attached hydrogen (secondary N) is 2. The number of phenols is 1. The molecule has 8 nitrogen and oxygen atoms in total. The van der Waals surface area contributed by atoms with Crippen LogP contribution in [0.15, 0.2) is 30.5 Å². The van der Waals surface area contributed by atoms with Crippen LogP contribution in [0.25, 0.3) is 16.8 Å². The van der Waals surface area contributed by atoms with Crippen LogP contribution in [0.5, 0.6) is 11.5 Å². The molecule has 3 heterocycles. The molecule has 1 aromatic carbocycles. The molecule has 4 N–H and O–H groups in total. The van der Waals surface area contributed by atoms with Crippen molar-refractivity contribution >= 4 is 11.5 Å². The number of halogens is 4. The molecule has 0 amide bonds. The lowest BCUT2D eigenvalue weighted by atomic mass is 10.1. The molecule has 0 bridgehead atoms. The highest BCUT2D eigenvalue weighted by atomic mass is 19.4. The third kappa shape index (κ3) is 4.09. The fraction of sp³-hybridized carbons (Fsp3) is 0.333. The van der Waals surface area contributed by atoms with Crippen LogP contribution in [-0.4, -0.2) is 56.4 Å². The number of aliphatic hydroxyl groups excluding tert-OH is 1. The quantitative estimate of drug-likeness (QED) is 0.474. The van der Waals surface area contributed by atoms with E-state index in [-0.39, 0.29) is 28.8 Å². The Balaban J connectivity index is 1.70. The van der Waals surface area contributed by atoms with Gasteiger partial charge in [0, 0.05) is 37.0 Å². The number of β-amino-alcohol motifs (C(OH)–C–C–N with tert-alkyl or cyclic N) is 1. The van der Waals surface area contributed by atoms with E-state index in [1.54, 1.807) is 0 Å². The number of aromatic nitrogens is 3. The number of alkyl halides is 3. The summed E-state index contributed by atoms with van der Waals surface area (Å²) in [5.74, 6) is -1.63. The molecule has 2 aromatic heterocycles. The topological polar surface area (TPSA) is 104 Å². The first-order chi connectivity index (χ1) is 14.2. The zero-order valence-electron chi connectivity index (χ0n) is 15.3. The van der Waals surface area contributed by atoms with Gasteiger partial charge >= 0.3 is 6.36 Å². The lowest BCUT2D eigenvalue weighted by molar-refractivity contribution is -0.274. The molecule has 1 fully saturated rings. The van der Waals surface area contributed by atoms with Crippen molar-refractivity contribution in [3.8, 4) is 22.8 Å². The van der Waals surface area contributed by atoms with Gasteiger partial charge in [-0.1, -0.05) is 0 Å². The van der Waals surface area contributed by atoms with Gasteiger partial charge in [-0.25, -0.2) is 4.39 Å². The number of aromatic hydroxyl groups is 1. The minimum Gasteiger partial charge on any atom is -0.507 e. The highest BCUT2D eigenvalue weighted by Gasteiger charge is 2.31. The number of ether oxygens (including phenoxy) is 1. The number of rotatable bonds is 4. The maximum atomic E-state index is 14.5. The van der Waals surface area contributed by atoms with Crippen molar-refractivity contribution in [3.05, 3.63) is 36.3 Å². The first kappa shape index (κ1) is 20.2. The smallest absolute Gasteiger partial charge is 0.507 e. The SMILES string of the molecule is Oc1cc(OC(F)(F)F)ccc1-c1nnc(NC2CNCC(O)C2)n2ccc(F)c12. The predicted octanol–water partition coefficient (Wildman–Crippen LogP) is 2.27. The minimum atomic E-state index is -4.91. The minimum absolute atomic E-state index is 0.0130. The first-order valence-electron chi connectivity index (χ1n) is 8.99. The molecule has 2 unspecified atom stereocenters. The van der Waals surface area contributed by atoms with Gasteiger partial charge in [-0.15, -0.1) is 23.4 Å². The number of aliphatic hydroxyl groups is 1. The Labute approximate surface area is 167 Å². The van der Waals surface area contributed by atoms with E-state index in [0.717, 1.165) is 18.2 Å². The van der Waals surface area contributed by atoms with Crippen LogP contribution >= 0.6 is 0 Å². The molecule has 4 rings (SSSR count). The highest BCUT2D eigenvalue weighted by Crippen LogP contribution is 2.36. The van der Waals surface area contributed by atoms with Gasteiger partial charge in [0.2, 0.25) is 5.95 Å². The van der Waals surface area contributed by atoms with E-state index in [4.69, 9.17) is 0 Å². The largest absolute Gasteiger partial charge is 0.573 e. The molecule has 0 radical (unpaired) electrons. The zero-order chi connectivity index (χ0) is 21.5. The van der Waals surface area contributed by atoms with E-state index >= 15 is 0 Å². The summed E-state index contributed by atoms with van der Waals surface area (Å²) in [6.45, 7) is 1.04. The molecule has 0 saturated carbocycles. The van der Waals surface area contributed by atoms with E-state index in [9.17, 15) is 27.8 Å². The Hall–Kier alpha value is -3.12. The average molecular weight is 427 g/mol. The number of anilines is 1. The third-order valence-electron chi connectivity index (χ3n) is 4.65. The van der Waals surface area contributed by atoms with E-state index in [1.165, 1.54) is 16.7 Å². The van der Waals surface area contributed by atoms with Crippen molar-refractivity contribution in [2.75, 3.05) is 18.4 Å². The van der Waals surface area contributed by atoms with Crippen LogP contribution in [-0.2, 0) is 0 Å². The van der Waals surface area contributed by atoms with Crippen LogP contribution in [0.1, 0.15) is 6.42 Å². The normalized spacial score (nSPS) is 19.8. The van der Waals surface area contributed by atoms with Gasteiger partial charge in [0.05, 0.1) is 6.10 Å². The van der Waals surface area contributed by atoms with Gasteiger partial charge in [0.1, 0.15) is 22.7 Å². The summed E-state index contributed by atoms with van der Waals surface area (Å²) in [5.41, 5.74) is -0.0848. The van der Waals surface area contributed by atoms with Crippen molar-refractivity contribution in [1.82, 2.24) is 19.9 Å². The fourth-order valence-corrected chi connectivity index (χ4v) is 3.41. The second-order valence-electron chi connectivity index (χ2n) is 6.87. The lowest BCUT2D eigenvalue weighted by Crippen LogP contribution is -2.46. The zero-order valence-corrected chi connectivity index (χ0v) is 15.3. The number of hydrogen-bond donors (Lipinski definition) is 4. The van der Waals surface area contributed by atoms with Crippen LogP contribution < -0.4 is 15.4 Å². The number of benzene rings is 1. The molecule has 0 aliphatic carbocycles. The monoisotopic (exact) mass is 427 g/mol. The highest BCUT2D eigenvalue weighted by molar-refractivity contribution is 5.82. The molecule has 160 valence electrons. The molecule has 1 aliphatic heterocycles. The molecule has 1 aliphatic rings. The van der Waals surface area contributed by atoms with Crippen molar-refractivity contribution < 1.29 is 32.5 Å². The van der Waals surface area contributed by atoms with Crippen LogP contribution in [0.3, 0.4) is 0 Å². The maximum Gasteiger partial charge on any atom is 0.573 e. The second-order valence-corrected chi connectivity index (χ2v) is 6.87. The Morgan fingerprint density at radius 2 is 2.00 bits per heavy atom. The van der Waals surface area contributed by atoms with Crippen molar-refractivity contribution in [3.63, 3.8) is 0 Å². The summed E-state index contributed by atoms with van der Waals surface area (Å²) in [4.78, 5) is 0. The van der Waals surface area contributed by atoms with Crippen LogP contribution in [0.2, 0.25) is 0 Å². The number of piperidine rings is 1. The number of nitrogens with zero attached hydrogens (tertiary/aromatic N) is 3. The Morgan fingerprint density at radius 1 is 1.20 bits per heavy atom. The molecule has 1 saturated heterocycles. The van der Waals surface area contributed by atoms with Gasteiger partial charge in [0.15, 0.2) is 5.82 Å². The number of fused-ring (bicyclic) bond motifs is 1. The Bertz CT molecular complexity index is 1070. The average Bonchev–Trinajstić information content (AvgIpc) is 3.04. The molecule has 30 heavy (non-hydrogen) atoms. The van der Waals surface area contributed by atoms with Crippen molar-refractivity contribution in [2.45, 2.75) is 24.9 Å². The summed E-state index contributed by atoms with van der Waals surface area (Å²) >= 11 is 0. The standard InChI is InChI=1S/C18H17F4N5O3/c19-13-3-4-27-16(13)15(12-2-1-11(6-14(12)29)30-18(20,21)22)25-26-17(27)24-9-5-10(28)8-23-7-9/h1-4,6,9-10,23,28-29H,5,7-8H2,(H,24,26). The summed E-state index contributed by atoms with van der Waals surface area (Å²) in [6, 6.07) is 3.90. The summed E-state index contributed by atoms with van der Waals surface area (Å²) in [5, 5.41) is 34.1. The van der Waals surface area contributed by atoms with Gasteiger partial charge in [-0.05, 0) is 24.6 Å². The van der Waals surface area contributed by atoms with E-state index in [0.29, 0.717) is 19.5 Å². The fourth-order valence-electron chi connectivity index (χ4n) is 3.41.